The van der Waals surface area contributed by atoms with Gasteiger partial charge in [0, 0.05) is 19.0 Å². The SMILES string of the molecule is CC(C)C(=S)N1CCC(C)(C)C1. The summed E-state index contributed by atoms with van der Waals surface area (Å²) in [5.41, 5.74) is 0.471. The first kappa shape index (κ1) is 9.97. The maximum atomic E-state index is 5.37. The smallest absolute Gasteiger partial charge is 0.0805 e. The summed E-state index contributed by atoms with van der Waals surface area (Å²) in [6.07, 6.45) is 1.28. The molecule has 0 N–H and O–H groups in total. The third kappa shape index (κ3) is 2.19. The van der Waals surface area contributed by atoms with Gasteiger partial charge in [0.1, 0.15) is 0 Å². The highest BCUT2D eigenvalue weighted by molar-refractivity contribution is 7.80. The third-order valence-corrected chi connectivity index (χ3v) is 3.21. The topological polar surface area (TPSA) is 3.24 Å². The van der Waals surface area contributed by atoms with E-state index in [0.717, 1.165) is 18.1 Å². The zero-order valence-corrected chi connectivity index (χ0v) is 9.37. The highest BCUT2D eigenvalue weighted by Crippen LogP contribution is 2.29. The van der Waals surface area contributed by atoms with E-state index in [-0.39, 0.29) is 0 Å². The van der Waals surface area contributed by atoms with Gasteiger partial charge in [-0.2, -0.15) is 0 Å². The maximum Gasteiger partial charge on any atom is 0.0805 e. The maximum absolute atomic E-state index is 5.37. The van der Waals surface area contributed by atoms with Gasteiger partial charge in [-0.25, -0.2) is 0 Å². The summed E-state index contributed by atoms with van der Waals surface area (Å²) in [6, 6.07) is 0. The van der Waals surface area contributed by atoms with E-state index < -0.39 is 0 Å². The van der Waals surface area contributed by atoms with Crippen LogP contribution in [0.2, 0.25) is 0 Å². The average molecular weight is 185 g/mol. The van der Waals surface area contributed by atoms with E-state index in [1.54, 1.807) is 0 Å². The van der Waals surface area contributed by atoms with Crippen LogP contribution in [0.1, 0.15) is 34.1 Å². The van der Waals surface area contributed by atoms with Crippen LogP contribution in [0.4, 0.5) is 0 Å². The predicted molar refractivity (Wildman–Crippen MR) is 57.4 cm³/mol. The molecule has 0 radical (unpaired) electrons. The fourth-order valence-corrected chi connectivity index (χ4v) is 1.82. The van der Waals surface area contributed by atoms with Crippen LogP contribution in [0.3, 0.4) is 0 Å². The molecule has 1 saturated heterocycles. The van der Waals surface area contributed by atoms with E-state index in [1.807, 2.05) is 0 Å². The standard InChI is InChI=1S/C10H19NS/c1-8(2)9(12)11-6-5-10(3,4)7-11/h8H,5-7H2,1-4H3. The Kier molecular flexibility index (Phi) is 2.77. The Balaban J connectivity index is 2.53. The van der Waals surface area contributed by atoms with Crippen LogP contribution in [0.25, 0.3) is 0 Å². The second-order valence-corrected chi connectivity index (χ2v) is 5.25. The average Bonchev–Trinajstić information content (AvgIpc) is 2.28. The monoisotopic (exact) mass is 185 g/mol. The van der Waals surface area contributed by atoms with Crippen molar-refractivity contribution >= 4 is 17.2 Å². The molecule has 70 valence electrons. The van der Waals surface area contributed by atoms with Gasteiger partial charge < -0.3 is 4.90 Å². The van der Waals surface area contributed by atoms with Gasteiger partial charge in [0.25, 0.3) is 0 Å². The van der Waals surface area contributed by atoms with Crippen LogP contribution in [-0.4, -0.2) is 23.0 Å². The summed E-state index contributed by atoms with van der Waals surface area (Å²) in [5.74, 6) is 0.522. The molecule has 0 bridgehead atoms. The molecule has 1 aliphatic heterocycles. The molecular weight excluding hydrogens is 166 g/mol. The van der Waals surface area contributed by atoms with Gasteiger partial charge in [-0.3, -0.25) is 0 Å². The number of hydrogen-bond donors (Lipinski definition) is 0. The van der Waals surface area contributed by atoms with Gasteiger partial charge in [0.15, 0.2) is 0 Å². The van der Waals surface area contributed by atoms with E-state index in [2.05, 4.69) is 32.6 Å². The summed E-state index contributed by atoms with van der Waals surface area (Å²) in [5, 5.41) is 0. The summed E-state index contributed by atoms with van der Waals surface area (Å²) < 4.78 is 0. The summed E-state index contributed by atoms with van der Waals surface area (Å²) in [6.45, 7) is 11.3. The fourth-order valence-electron chi connectivity index (χ4n) is 1.67. The van der Waals surface area contributed by atoms with Crippen molar-refractivity contribution in [2.45, 2.75) is 34.1 Å². The van der Waals surface area contributed by atoms with Gasteiger partial charge in [-0.05, 0) is 11.8 Å². The van der Waals surface area contributed by atoms with Crippen molar-refractivity contribution in [3.8, 4) is 0 Å². The molecule has 1 nitrogen and oxygen atoms in total. The second kappa shape index (κ2) is 3.33. The highest BCUT2D eigenvalue weighted by atomic mass is 32.1. The van der Waals surface area contributed by atoms with Crippen LogP contribution >= 0.6 is 12.2 Å². The Hall–Kier alpha value is -0.110. The van der Waals surface area contributed by atoms with Crippen LogP contribution in [-0.2, 0) is 0 Å². The number of rotatable bonds is 1. The minimum Gasteiger partial charge on any atom is -0.365 e. The molecule has 0 aromatic carbocycles. The minimum absolute atomic E-state index is 0.471. The third-order valence-electron chi connectivity index (χ3n) is 2.48. The Labute approximate surface area is 81.1 Å². The van der Waals surface area contributed by atoms with Crippen LogP contribution in [0.5, 0.6) is 0 Å². The summed E-state index contributed by atoms with van der Waals surface area (Å²) in [4.78, 5) is 3.50. The molecule has 0 spiro atoms. The lowest BCUT2D eigenvalue weighted by Crippen LogP contribution is -2.31. The van der Waals surface area contributed by atoms with E-state index >= 15 is 0 Å². The molecule has 1 fully saturated rings. The van der Waals surface area contributed by atoms with Crippen molar-refractivity contribution in [2.75, 3.05) is 13.1 Å². The molecule has 1 rings (SSSR count). The lowest BCUT2D eigenvalue weighted by Gasteiger charge is -2.24. The molecule has 0 aromatic rings. The Morgan fingerprint density at radius 3 is 2.33 bits per heavy atom. The van der Waals surface area contributed by atoms with Gasteiger partial charge in [0.05, 0.1) is 4.99 Å². The zero-order chi connectivity index (χ0) is 9.35. The van der Waals surface area contributed by atoms with Crippen LogP contribution in [0.15, 0.2) is 0 Å². The van der Waals surface area contributed by atoms with E-state index in [9.17, 15) is 0 Å². The van der Waals surface area contributed by atoms with Crippen molar-refractivity contribution in [1.29, 1.82) is 0 Å². The molecule has 0 atom stereocenters. The predicted octanol–water partition coefficient (Wildman–Crippen LogP) is 2.70. The quantitative estimate of drug-likeness (QED) is 0.578. The van der Waals surface area contributed by atoms with Crippen LogP contribution in [0, 0.1) is 11.3 Å². The Morgan fingerprint density at radius 2 is 2.00 bits per heavy atom. The van der Waals surface area contributed by atoms with E-state index in [4.69, 9.17) is 12.2 Å². The molecule has 2 heteroatoms. The molecule has 1 heterocycles. The van der Waals surface area contributed by atoms with Crippen molar-refractivity contribution < 1.29 is 0 Å². The van der Waals surface area contributed by atoms with Gasteiger partial charge >= 0.3 is 0 Å². The van der Waals surface area contributed by atoms with E-state index in [0.29, 0.717) is 11.3 Å². The van der Waals surface area contributed by atoms with Gasteiger partial charge in [-0.15, -0.1) is 0 Å². The molecule has 0 unspecified atom stereocenters. The number of nitrogens with zero attached hydrogens (tertiary/aromatic N) is 1. The molecule has 1 aliphatic rings. The Morgan fingerprint density at radius 1 is 1.42 bits per heavy atom. The fraction of sp³-hybridized carbons (Fsp3) is 0.900. The van der Waals surface area contributed by atoms with Crippen molar-refractivity contribution in [1.82, 2.24) is 4.90 Å². The molecular formula is C10H19NS. The number of likely N-dealkylation sites (tertiary alicyclic amines) is 1. The Bertz CT molecular complexity index is 184. The molecule has 0 aromatic heterocycles. The van der Waals surface area contributed by atoms with Gasteiger partial charge in [0.2, 0.25) is 0 Å². The highest BCUT2D eigenvalue weighted by Gasteiger charge is 2.30. The first-order chi connectivity index (χ1) is 5.42. The van der Waals surface area contributed by atoms with Gasteiger partial charge in [-0.1, -0.05) is 39.9 Å². The minimum atomic E-state index is 0.471. The molecule has 0 saturated carbocycles. The molecule has 0 amide bonds. The van der Waals surface area contributed by atoms with Crippen LogP contribution < -0.4 is 0 Å². The largest absolute Gasteiger partial charge is 0.365 e. The second-order valence-electron chi connectivity index (χ2n) is 4.83. The summed E-state index contributed by atoms with van der Waals surface area (Å²) >= 11 is 5.37. The number of hydrogen-bond acceptors (Lipinski definition) is 1. The zero-order valence-electron chi connectivity index (χ0n) is 8.55. The molecule has 12 heavy (non-hydrogen) atoms. The first-order valence-electron chi connectivity index (χ1n) is 4.71. The van der Waals surface area contributed by atoms with E-state index in [1.165, 1.54) is 6.42 Å². The van der Waals surface area contributed by atoms with Crippen molar-refractivity contribution in [2.24, 2.45) is 11.3 Å². The summed E-state index contributed by atoms with van der Waals surface area (Å²) in [7, 11) is 0. The number of thiocarbonyl (C=S) groups is 1. The normalized spacial score (nSPS) is 21.9. The first-order valence-corrected chi connectivity index (χ1v) is 5.12. The van der Waals surface area contributed by atoms with Crippen molar-refractivity contribution in [3.05, 3.63) is 0 Å². The lowest BCUT2D eigenvalue weighted by atomic mass is 9.93. The lowest BCUT2D eigenvalue weighted by molar-refractivity contribution is 0.372. The van der Waals surface area contributed by atoms with Crippen molar-refractivity contribution in [3.63, 3.8) is 0 Å². The molecule has 0 aliphatic carbocycles.